The van der Waals surface area contributed by atoms with Crippen molar-refractivity contribution in [3.63, 3.8) is 0 Å². The number of hydrogen-bond donors (Lipinski definition) is 3. The number of piperidine rings is 1. The molecule has 14 heteroatoms. The summed E-state index contributed by atoms with van der Waals surface area (Å²) in [7, 11) is 1.41. The van der Waals surface area contributed by atoms with Crippen LogP contribution in [-0.2, 0) is 15.9 Å². The summed E-state index contributed by atoms with van der Waals surface area (Å²) in [4.78, 5) is 41.4. The molecule has 49 heavy (non-hydrogen) atoms. The molecule has 3 saturated heterocycles. The fraction of sp³-hybridized carbons (Fsp3) is 0.457. The van der Waals surface area contributed by atoms with E-state index in [9.17, 15) is 9.59 Å². The molecule has 3 fully saturated rings. The Morgan fingerprint density at radius 2 is 1.57 bits per heavy atom. The Morgan fingerprint density at radius 1 is 0.898 bits per heavy atom. The van der Waals surface area contributed by atoms with Gasteiger partial charge < -0.3 is 40.1 Å². The second kappa shape index (κ2) is 15.2. The van der Waals surface area contributed by atoms with Gasteiger partial charge in [-0.05, 0) is 61.2 Å². The van der Waals surface area contributed by atoms with Crippen LogP contribution < -0.4 is 20.9 Å². The number of carbonyl (C=O) groups is 2. The van der Waals surface area contributed by atoms with Crippen molar-refractivity contribution in [2.24, 2.45) is 0 Å². The molecule has 4 aromatic rings. The monoisotopic (exact) mass is 668 g/mol. The third-order valence-corrected chi connectivity index (χ3v) is 9.53. The summed E-state index contributed by atoms with van der Waals surface area (Å²) in [5.74, 6) is 1.41. The highest BCUT2D eigenvalue weighted by Gasteiger charge is 2.28. The van der Waals surface area contributed by atoms with E-state index in [-0.39, 0.29) is 18.2 Å². The molecule has 0 saturated carbocycles. The van der Waals surface area contributed by atoms with Crippen molar-refractivity contribution in [2.75, 3.05) is 94.8 Å². The summed E-state index contributed by atoms with van der Waals surface area (Å²) in [6, 6.07) is 15.4. The number of nitrogens with zero attached hydrogens (tertiary/aromatic N) is 7. The number of likely N-dealkylation sites (tertiary alicyclic amines) is 1. The molecule has 14 nitrogen and oxygen atoms in total. The molecular formula is C35H44N10O4. The van der Waals surface area contributed by atoms with E-state index in [1.165, 1.54) is 12.7 Å². The van der Waals surface area contributed by atoms with Crippen LogP contribution in [0.1, 0.15) is 24.4 Å². The predicted octanol–water partition coefficient (Wildman–Crippen LogP) is 3.82. The summed E-state index contributed by atoms with van der Waals surface area (Å²) in [5, 5.41) is 14.9. The number of benzene rings is 2. The lowest BCUT2D eigenvalue weighted by Gasteiger charge is -2.31. The van der Waals surface area contributed by atoms with E-state index in [2.05, 4.69) is 37.9 Å². The molecule has 0 unspecified atom stereocenters. The van der Waals surface area contributed by atoms with Crippen LogP contribution in [-0.4, -0.2) is 121 Å². The first-order valence-corrected chi connectivity index (χ1v) is 17.2. The van der Waals surface area contributed by atoms with Gasteiger partial charge in [0.2, 0.25) is 0 Å². The maximum Gasteiger partial charge on any atom is 0.409 e. The summed E-state index contributed by atoms with van der Waals surface area (Å²) in [5.41, 5.74) is 4.24. The average molecular weight is 669 g/mol. The van der Waals surface area contributed by atoms with E-state index in [0.717, 1.165) is 93.2 Å². The van der Waals surface area contributed by atoms with Gasteiger partial charge >= 0.3 is 12.1 Å². The molecule has 3 N–H and O–H groups in total. The minimum atomic E-state index is -0.310. The second-order valence-electron chi connectivity index (χ2n) is 12.7. The average Bonchev–Trinajstić information content (AvgIpc) is 3.59. The zero-order valence-corrected chi connectivity index (χ0v) is 27.9. The number of ether oxygens (including phenoxy) is 2. The van der Waals surface area contributed by atoms with Crippen molar-refractivity contribution >= 4 is 40.4 Å². The lowest BCUT2D eigenvalue weighted by Crippen LogP contribution is -2.44. The second-order valence-corrected chi connectivity index (χ2v) is 12.7. The molecule has 0 bridgehead atoms. The minimum Gasteiger partial charge on any atom is -0.453 e. The smallest absolute Gasteiger partial charge is 0.409 e. The number of nitrogens with one attached hydrogen (secondary N) is 3. The van der Waals surface area contributed by atoms with Gasteiger partial charge in [-0.15, -0.1) is 0 Å². The lowest BCUT2D eigenvalue weighted by atomic mass is 10.1. The molecule has 2 aromatic heterocycles. The van der Waals surface area contributed by atoms with Gasteiger partial charge in [0.05, 0.1) is 37.9 Å². The Balaban J connectivity index is 1.03. The van der Waals surface area contributed by atoms with Crippen LogP contribution in [0, 0.1) is 0 Å². The number of aromatic nitrogens is 4. The number of piperazine rings is 1. The quantitative estimate of drug-likeness (QED) is 0.254. The molecule has 0 spiro atoms. The largest absolute Gasteiger partial charge is 0.453 e. The van der Waals surface area contributed by atoms with Gasteiger partial charge in [-0.3, -0.25) is 0 Å². The SMILES string of the molecule is COC(=O)N1CCC(n2ncc3c(N4CCOCC4)nc(-c4ccc(NC(=O)Nc5ccc(CCN6CCNCC6)cc5)cc4)nc32)CC1. The predicted molar refractivity (Wildman–Crippen MR) is 188 cm³/mol. The van der Waals surface area contributed by atoms with Crippen LogP contribution in [0.2, 0.25) is 0 Å². The summed E-state index contributed by atoms with van der Waals surface area (Å²) >= 11 is 0. The fourth-order valence-electron chi connectivity index (χ4n) is 6.72. The van der Waals surface area contributed by atoms with Crippen molar-refractivity contribution in [1.82, 2.24) is 34.9 Å². The Hall–Kier alpha value is -4.79. The number of hydrogen-bond acceptors (Lipinski definition) is 10. The maximum atomic E-state index is 12.8. The summed E-state index contributed by atoms with van der Waals surface area (Å²) in [6.07, 6.45) is 4.04. The molecule has 0 atom stereocenters. The van der Waals surface area contributed by atoms with E-state index in [0.29, 0.717) is 37.8 Å². The number of anilines is 3. The highest BCUT2D eigenvalue weighted by atomic mass is 16.5. The molecule has 2 aromatic carbocycles. The third-order valence-electron chi connectivity index (χ3n) is 9.53. The van der Waals surface area contributed by atoms with Crippen LogP contribution in [0.15, 0.2) is 54.7 Å². The Morgan fingerprint density at radius 3 is 2.24 bits per heavy atom. The van der Waals surface area contributed by atoms with E-state index >= 15 is 0 Å². The molecule has 258 valence electrons. The number of amides is 3. The van der Waals surface area contributed by atoms with Crippen molar-refractivity contribution in [3.8, 4) is 11.4 Å². The first kappa shape index (κ1) is 32.7. The number of carbonyl (C=O) groups excluding carboxylic acids is 2. The molecular weight excluding hydrogens is 624 g/mol. The zero-order valence-electron chi connectivity index (χ0n) is 27.9. The van der Waals surface area contributed by atoms with E-state index in [1.807, 2.05) is 47.3 Å². The van der Waals surface area contributed by atoms with E-state index in [4.69, 9.17) is 24.5 Å². The standard InChI is InChI=1S/C35H44N10O4/c1-48-35(47)44-16-11-29(12-17-44)45-33-30(24-37-45)32(43-20-22-49-23-21-43)40-31(41-33)26-4-8-28(9-5-26)39-34(46)38-27-6-2-25(3-7-27)10-15-42-18-13-36-14-19-42/h2-9,24,29,36H,10-23H2,1H3,(H2,38,39,46). The van der Waals surface area contributed by atoms with Gasteiger partial charge in [0.15, 0.2) is 11.5 Å². The molecule has 7 rings (SSSR count). The summed E-state index contributed by atoms with van der Waals surface area (Å²) in [6.45, 7) is 9.22. The van der Waals surface area contributed by atoms with Crippen LogP contribution in [0.3, 0.4) is 0 Å². The molecule has 3 amide bonds. The highest BCUT2D eigenvalue weighted by molar-refractivity contribution is 6.00. The van der Waals surface area contributed by atoms with Gasteiger partial charge in [0.1, 0.15) is 5.82 Å². The van der Waals surface area contributed by atoms with Crippen molar-refractivity contribution in [3.05, 3.63) is 60.3 Å². The topological polar surface area (TPSA) is 142 Å². The summed E-state index contributed by atoms with van der Waals surface area (Å²) < 4.78 is 12.5. The van der Waals surface area contributed by atoms with Crippen LogP contribution >= 0.6 is 0 Å². The number of urea groups is 1. The van der Waals surface area contributed by atoms with Gasteiger partial charge in [0, 0.05) is 75.8 Å². The van der Waals surface area contributed by atoms with Crippen LogP contribution in [0.25, 0.3) is 22.4 Å². The molecule has 0 radical (unpaired) electrons. The molecule has 3 aliphatic rings. The Kier molecular flexibility index (Phi) is 10.1. The Bertz CT molecular complexity index is 1730. The number of morpholine rings is 1. The molecule has 5 heterocycles. The highest BCUT2D eigenvalue weighted by Crippen LogP contribution is 2.32. The first-order valence-electron chi connectivity index (χ1n) is 17.2. The van der Waals surface area contributed by atoms with Gasteiger partial charge in [-0.2, -0.15) is 5.10 Å². The zero-order chi connectivity index (χ0) is 33.6. The third kappa shape index (κ3) is 7.77. The fourth-order valence-corrected chi connectivity index (χ4v) is 6.72. The Labute approximate surface area is 285 Å². The lowest BCUT2D eigenvalue weighted by molar-refractivity contribution is 0.106. The number of rotatable bonds is 8. The maximum absolute atomic E-state index is 12.8. The van der Waals surface area contributed by atoms with Crippen molar-refractivity contribution in [2.45, 2.75) is 25.3 Å². The van der Waals surface area contributed by atoms with Crippen molar-refractivity contribution < 1.29 is 19.1 Å². The van der Waals surface area contributed by atoms with Crippen molar-refractivity contribution in [1.29, 1.82) is 0 Å². The van der Waals surface area contributed by atoms with E-state index < -0.39 is 0 Å². The number of methoxy groups -OCH3 is 1. The number of fused-ring (bicyclic) bond motifs is 1. The normalized spacial score (nSPS) is 17.7. The first-order chi connectivity index (χ1) is 24.0. The minimum absolute atomic E-state index is 0.0947. The van der Waals surface area contributed by atoms with E-state index in [1.54, 1.807) is 4.90 Å². The van der Waals surface area contributed by atoms with Crippen LogP contribution in [0.4, 0.5) is 26.8 Å². The van der Waals surface area contributed by atoms with Crippen LogP contribution in [0.5, 0.6) is 0 Å². The van der Waals surface area contributed by atoms with Gasteiger partial charge in [-0.1, -0.05) is 12.1 Å². The molecule has 0 aliphatic carbocycles. The van der Waals surface area contributed by atoms with Gasteiger partial charge in [0.25, 0.3) is 0 Å². The molecule has 3 aliphatic heterocycles. The van der Waals surface area contributed by atoms with Gasteiger partial charge in [-0.25, -0.2) is 24.2 Å².